The Labute approximate surface area is 383 Å². The molecule has 4 aromatic heterocycles. The molecule has 2 aliphatic rings. The minimum Gasteiger partial charge on any atom is -0.449 e. The molecule has 4 amide bonds. The van der Waals surface area contributed by atoms with E-state index in [4.69, 9.17) is 18.6 Å². The normalized spacial score (nSPS) is 16.3. The predicted octanol–water partition coefficient (Wildman–Crippen LogP) is 8.92. The van der Waals surface area contributed by atoms with Gasteiger partial charge in [0.1, 0.15) is 33.7 Å². The van der Waals surface area contributed by atoms with Crippen molar-refractivity contribution in [3.8, 4) is 22.5 Å². The van der Waals surface area contributed by atoms with Crippen LogP contribution in [0.15, 0.2) is 81.6 Å². The van der Waals surface area contributed by atoms with Crippen LogP contribution in [0.1, 0.15) is 101 Å². The summed E-state index contributed by atoms with van der Waals surface area (Å²) in [7, 11) is 1.60. The molecule has 6 heterocycles. The second-order valence-corrected chi connectivity index (χ2v) is 19.8. The van der Waals surface area contributed by atoms with Gasteiger partial charge in [0.05, 0.1) is 18.0 Å². The van der Waals surface area contributed by atoms with Gasteiger partial charge in [0, 0.05) is 74.2 Å². The summed E-state index contributed by atoms with van der Waals surface area (Å²) >= 11 is 0. The Bertz CT molecular complexity index is 2820. The van der Waals surface area contributed by atoms with Crippen molar-refractivity contribution in [3.63, 3.8) is 0 Å². The van der Waals surface area contributed by atoms with Crippen molar-refractivity contribution in [2.24, 2.45) is 0 Å². The van der Waals surface area contributed by atoms with Crippen molar-refractivity contribution in [1.29, 1.82) is 0 Å². The molecule has 0 radical (unpaired) electrons. The molecule has 2 aromatic carbocycles. The Morgan fingerprint density at radius 3 is 1.55 bits per heavy atom. The summed E-state index contributed by atoms with van der Waals surface area (Å²) in [6.07, 6.45) is 0. The van der Waals surface area contributed by atoms with Gasteiger partial charge in [0.2, 0.25) is 11.8 Å². The SMILES string of the molecule is CC(C)(C)c1cc(-c2ccc(F)cc2)nc2cc(C(=O)N3CCNC(=O)C3(C)C)oc12.COCCN1CCN(C(=O)c2cc3nc(-c4ccc(F)cc4)cc(C(C)(C)C)c3o2)C(C)(C)C1=O. The first-order valence-electron chi connectivity index (χ1n) is 22.0. The monoisotopic (exact) mass is 904 g/mol. The lowest BCUT2D eigenvalue weighted by Gasteiger charge is -2.45. The quantitative estimate of drug-likeness (QED) is 0.166. The van der Waals surface area contributed by atoms with E-state index in [0.717, 1.165) is 22.3 Å². The zero-order valence-corrected chi connectivity index (χ0v) is 39.5. The average Bonchev–Trinajstić information content (AvgIpc) is 3.89. The third-order valence-corrected chi connectivity index (χ3v) is 12.3. The van der Waals surface area contributed by atoms with E-state index in [1.807, 2.05) is 12.1 Å². The zero-order valence-electron chi connectivity index (χ0n) is 39.5. The summed E-state index contributed by atoms with van der Waals surface area (Å²) in [6.45, 7) is 21.8. The smallest absolute Gasteiger partial charge is 0.290 e. The maximum Gasteiger partial charge on any atom is 0.290 e. The molecule has 0 bridgehead atoms. The van der Waals surface area contributed by atoms with E-state index in [1.165, 1.54) is 29.2 Å². The number of hydrogen-bond donors (Lipinski definition) is 1. The molecule has 2 aliphatic heterocycles. The third-order valence-electron chi connectivity index (χ3n) is 12.3. The summed E-state index contributed by atoms with van der Waals surface area (Å²) in [4.78, 5) is 66.4. The Hall–Kier alpha value is -6.48. The van der Waals surface area contributed by atoms with E-state index in [1.54, 1.807) is 81.0 Å². The van der Waals surface area contributed by atoms with Crippen molar-refractivity contribution in [1.82, 2.24) is 30.0 Å². The second kappa shape index (κ2) is 17.7. The number of halogens is 2. The molecule has 0 atom stereocenters. The van der Waals surface area contributed by atoms with Gasteiger partial charge in [-0.2, -0.15) is 0 Å². The van der Waals surface area contributed by atoms with Crippen LogP contribution in [-0.4, -0.2) is 106 Å². The van der Waals surface area contributed by atoms with Crippen LogP contribution in [0.25, 0.3) is 44.7 Å². The molecule has 0 saturated carbocycles. The summed E-state index contributed by atoms with van der Waals surface area (Å²) in [5, 5.41) is 2.79. The van der Waals surface area contributed by atoms with Crippen LogP contribution in [0.2, 0.25) is 0 Å². The van der Waals surface area contributed by atoms with Crippen LogP contribution in [0.3, 0.4) is 0 Å². The van der Waals surface area contributed by atoms with E-state index >= 15 is 0 Å². The Balaban J connectivity index is 0.000000198. The Morgan fingerprint density at radius 2 is 1.12 bits per heavy atom. The van der Waals surface area contributed by atoms with Gasteiger partial charge in [0.15, 0.2) is 22.7 Å². The first kappa shape index (κ1) is 47.5. The number of ether oxygens (including phenoxy) is 1. The fourth-order valence-corrected chi connectivity index (χ4v) is 8.30. The highest BCUT2D eigenvalue weighted by Gasteiger charge is 2.45. The van der Waals surface area contributed by atoms with Gasteiger partial charge in [0.25, 0.3) is 11.8 Å². The largest absolute Gasteiger partial charge is 0.449 e. The number of methoxy groups -OCH3 is 1. The van der Waals surface area contributed by atoms with Crippen molar-refractivity contribution in [2.45, 2.75) is 91.1 Å². The minimum absolute atomic E-state index is 0.127. The molecule has 1 N–H and O–H groups in total. The van der Waals surface area contributed by atoms with Gasteiger partial charge in [-0.05, 0) is 99.2 Å². The van der Waals surface area contributed by atoms with Crippen LogP contribution in [0, 0.1) is 11.6 Å². The van der Waals surface area contributed by atoms with Crippen LogP contribution in [0.5, 0.6) is 0 Å². The molecule has 66 heavy (non-hydrogen) atoms. The van der Waals surface area contributed by atoms with E-state index in [2.05, 4.69) is 51.8 Å². The fraction of sp³-hybridized carbons (Fsp3) is 0.412. The lowest BCUT2D eigenvalue weighted by Crippen LogP contribution is -2.64. The maximum atomic E-state index is 13.6. The Morgan fingerprint density at radius 1 is 0.682 bits per heavy atom. The number of nitrogens with zero attached hydrogens (tertiary/aromatic N) is 5. The van der Waals surface area contributed by atoms with E-state index < -0.39 is 11.1 Å². The number of piperazine rings is 2. The van der Waals surface area contributed by atoms with E-state index in [-0.39, 0.29) is 57.6 Å². The van der Waals surface area contributed by atoms with Crippen molar-refractivity contribution in [3.05, 3.63) is 107 Å². The lowest BCUT2D eigenvalue weighted by atomic mass is 9.86. The van der Waals surface area contributed by atoms with Gasteiger partial charge in [-0.25, -0.2) is 18.7 Å². The highest BCUT2D eigenvalue weighted by molar-refractivity contribution is 6.02. The second-order valence-electron chi connectivity index (χ2n) is 19.8. The van der Waals surface area contributed by atoms with Crippen molar-refractivity contribution in [2.75, 3.05) is 46.4 Å². The number of rotatable bonds is 7. The molecule has 0 spiro atoms. The van der Waals surface area contributed by atoms with Crippen LogP contribution >= 0.6 is 0 Å². The van der Waals surface area contributed by atoms with E-state index in [9.17, 15) is 28.0 Å². The zero-order chi connectivity index (χ0) is 48.1. The van der Waals surface area contributed by atoms with Crippen molar-refractivity contribution < 1.29 is 41.5 Å². The number of aromatic nitrogens is 2. The average molecular weight is 905 g/mol. The molecular weight excluding hydrogens is 847 g/mol. The number of carbonyl (C=O) groups excluding carboxylic acids is 4. The lowest BCUT2D eigenvalue weighted by molar-refractivity contribution is -0.147. The fourth-order valence-electron chi connectivity index (χ4n) is 8.30. The maximum absolute atomic E-state index is 13.6. The molecule has 6 aromatic rings. The third kappa shape index (κ3) is 9.31. The number of amides is 4. The number of benzene rings is 2. The molecule has 0 unspecified atom stereocenters. The summed E-state index contributed by atoms with van der Waals surface area (Å²) in [5.41, 5.74) is 4.27. The number of carbonyl (C=O) groups is 4. The van der Waals surface area contributed by atoms with Crippen LogP contribution in [-0.2, 0) is 25.2 Å². The molecular formula is C51H58F2N6O7. The molecule has 2 saturated heterocycles. The predicted molar refractivity (Wildman–Crippen MR) is 248 cm³/mol. The summed E-state index contributed by atoms with van der Waals surface area (Å²) < 4.78 is 44.1. The molecule has 13 nitrogen and oxygen atoms in total. The summed E-state index contributed by atoms with van der Waals surface area (Å²) in [6, 6.07) is 19.4. The number of nitrogens with one attached hydrogen (secondary N) is 1. The van der Waals surface area contributed by atoms with Gasteiger partial charge in [-0.15, -0.1) is 0 Å². The first-order chi connectivity index (χ1) is 30.9. The van der Waals surface area contributed by atoms with Gasteiger partial charge >= 0.3 is 0 Å². The van der Waals surface area contributed by atoms with Crippen molar-refractivity contribution >= 4 is 45.8 Å². The van der Waals surface area contributed by atoms with E-state index in [0.29, 0.717) is 72.9 Å². The highest BCUT2D eigenvalue weighted by atomic mass is 19.1. The number of fused-ring (bicyclic) bond motifs is 2. The standard InChI is InChI=1S/C27H32FN3O4.C24H26FN3O3/c1-26(2,3)19-15-20(17-7-9-18(28)10-8-17)29-21-16-22(35-23(19)21)24(32)31-12-11-30(13-14-34-6)25(33)27(31,4)5;1-23(2,3)16-12-17(14-6-8-15(25)9-7-14)27-18-13-19(31-20(16)18)21(29)28-11-10-26-22(30)24(28,4)5/h7-10,15-16H,11-14H2,1-6H3;6-9,12-13H,10-11H2,1-5H3,(H,26,30). The van der Waals surface area contributed by atoms with Gasteiger partial charge < -0.3 is 33.6 Å². The molecule has 348 valence electrons. The molecule has 2 fully saturated rings. The topological polar surface area (TPSA) is 151 Å². The van der Waals surface area contributed by atoms with Gasteiger partial charge in [-0.3, -0.25) is 19.2 Å². The number of pyridine rings is 2. The summed E-state index contributed by atoms with van der Waals surface area (Å²) in [5.74, 6) is -1.37. The van der Waals surface area contributed by atoms with Crippen LogP contribution < -0.4 is 5.32 Å². The Kier molecular flexibility index (Phi) is 12.8. The first-order valence-corrected chi connectivity index (χ1v) is 22.0. The van der Waals surface area contributed by atoms with Crippen LogP contribution in [0.4, 0.5) is 8.78 Å². The van der Waals surface area contributed by atoms with Gasteiger partial charge in [-0.1, -0.05) is 41.5 Å². The number of furan rings is 2. The number of hydrogen-bond acceptors (Lipinski definition) is 9. The molecule has 15 heteroatoms. The molecule has 8 rings (SSSR count). The minimum atomic E-state index is -1.03. The highest BCUT2D eigenvalue weighted by Crippen LogP contribution is 2.37. The molecule has 0 aliphatic carbocycles.